The van der Waals surface area contributed by atoms with E-state index in [2.05, 4.69) is 17.2 Å². The molecule has 0 fully saturated rings. The Balaban J connectivity index is 2.30. The summed E-state index contributed by atoms with van der Waals surface area (Å²) < 4.78 is 0. The number of pyridine rings is 1. The van der Waals surface area contributed by atoms with Crippen molar-refractivity contribution in [3.05, 3.63) is 34.2 Å². The molecule has 1 aromatic heterocycles. The molecule has 94 valence electrons. The molecule has 5 nitrogen and oxygen atoms in total. The molecule has 17 heavy (non-hydrogen) atoms. The first-order chi connectivity index (χ1) is 8.13. The second-order valence-electron chi connectivity index (χ2n) is 4.18. The lowest BCUT2D eigenvalue weighted by Crippen LogP contribution is -2.25. The van der Waals surface area contributed by atoms with Gasteiger partial charge in [-0.1, -0.05) is 6.92 Å². The molecule has 1 rings (SSSR count). The Morgan fingerprint density at radius 3 is 2.88 bits per heavy atom. The number of hydrogen-bond acceptors (Lipinski definition) is 3. The first-order valence-corrected chi connectivity index (χ1v) is 5.80. The predicted molar refractivity (Wildman–Crippen MR) is 66.8 cm³/mol. The van der Waals surface area contributed by atoms with Gasteiger partial charge >= 0.3 is 0 Å². The lowest BCUT2D eigenvalue weighted by Gasteiger charge is -2.08. The quantitative estimate of drug-likeness (QED) is 0.629. The van der Waals surface area contributed by atoms with E-state index >= 15 is 0 Å². The van der Waals surface area contributed by atoms with Gasteiger partial charge in [0.1, 0.15) is 0 Å². The van der Waals surface area contributed by atoms with Crippen molar-refractivity contribution in [3.8, 4) is 0 Å². The first-order valence-electron chi connectivity index (χ1n) is 5.80. The third-order valence-electron chi connectivity index (χ3n) is 2.61. The van der Waals surface area contributed by atoms with Gasteiger partial charge in [0.2, 0.25) is 5.56 Å². The Morgan fingerprint density at radius 2 is 2.29 bits per heavy atom. The minimum atomic E-state index is -0.210. The number of aromatic amines is 1. The molecule has 1 amide bonds. The molecule has 1 unspecified atom stereocenters. The number of hydrogen-bond donors (Lipinski definition) is 3. The first kappa shape index (κ1) is 13.4. The fourth-order valence-electron chi connectivity index (χ4n) is 1.42. The van der Waals surface area contributed by atoms with Crippen molar-refractivity contribution < 1.29 is 4.79 Å². The monoisotopic (exact) mass is 237 g/mol. The van der Waals surface area contributed by atoms with E-state index in [4.69, 9.17) is 5.73 Å². The van der Waals surface area contributed by atoms with Crippen molar-refractivity contribution in [2.24, 2.45) is 11.7 Å². The Kier molecular flexibility index (Phi) is 5.42. The smallest absolute Gasteiger partial charge is 0.252 e. The molecule has 0 aliphatic heterocycles. The number of amides is 1. The van der Waals surface area contributed by atoms with Gasteiger partial charge in [0, 0.05) is 18.8 Å². The highest BCUT2D eigenvalue weighted by Crippen LogP contribution is 2.02. The lowest BCUT2D eigenvalue weighted by atomic mass is 10.1. The van der Waals surface area contributed by atoms with Crippen LogP contribution in [0.1, 0.15) is 30.1 Å². The van der Waals surface area contributed by atoms with Crippen molar-refractivity contribution >= 4 is 5.91 Å². The highest BCUT2D eigenvalue weighted by atomic mass is 16.1. The number of rotatable bonds is 6. The van der Waals surface area contributed by atoms with Crippen LogP contribution in [0.5, 0.6) is 0 Å². The largest absolute Gasteiger partial charge is 0.352 e. The topological polar surface area (TPSA) is 88.0 Å². The molecule has 5 heteroatoms. The average Bonchev–Trinajstić information content (AvgIpc) is 2.34. The summed E-state index contributed by atoms with van der Waals surface area (Å²) in [6.07, 6.45) is 3.33. The van der Waals surface area contributed by atoms with Gasteiger partial charge in [0.15, 0.2) is 0 Å². The Hall–Kier alpha value is -1.62. The molecule has 0 bridgehead atoms. The van der Waals surface area contributed by atoms with Gasteiger partial charge in [-0.2, -0.15) is 0 Å². The van der Waals surface area contributed by atoms with Crippen LogP contribution in [0.25, 0.3) is 0 Å². The maximum atomic E-state index is 11.6. The summed E-state index contributed by atoms with van der Waals surface area (Å²) in [5.41, 5.74) is 5.76. The van der Waals surface area contributed by atoms with Crippen LogP contribution >= 0.6 is 0 Å². The van der Waals surface area contributed by atoms with Crippen molar-refractivity contribution in [1.82, 2.24) is 10.3 Å². The van der Waals surface area contributed by atoms with Crippen molar-refractivity contribution in [1.29, 1.82) is 0 Å². The van der Waals surface area contributed by atoms with Crippen LogP contribution < -0.4 is 16.6 Å². The molecular formula is C12H19N3O2. The van der Waals surface area contributed by atoms with E-state index in [1.165, 1.54) is 18.3 Å². The van der Waals surface area contributed by atoms with E-state index in [0.717, 1.165) is 12.8 Å². The zero-order valence-corrected chi connectivity index (χ0v) is 10.0. The molecular weight excluding hydrogens is 218 g/mol. The highest BCUT2D eigenvalue weighted by molar-refractivity contribution is 5.93. The van der Waals surface area contributed by atoms with Gasteiger partial charge < -0.3 is 16.0 Å². The van der Waals surface area contributed by atoms with Crippen LogP contribution in [0.3, 0.4) is 0 Å². The molecule has 0 aliphatic rings. The summed E-state index contributed by atoms with van der Waals surface area (Å²) in [7, 11) is 0. The summed E-state index contributed by atoms with van der Waals surface area (Å²) >= 11 is 0. The van der Waals surface area contributed by atoms with Gasteiger partial charge in [-0.15, -0.1) is 0 Å². The zero-order chi connectivity index (χ0) is 12.7. The Labute approximate surface area is 100 Å². The van der Waals surface area contributed by atoms with E-state index in [0.29, 0.717) is 24.6 Å². The van der Waals surface area contributed by atoms with Crippen molar-refractivity contribution in [2.75, 3.05) is 13.1 Å². The van der Waals surface area contributed by atoms with Crippen LogP contribution in [-0.2, 0) is 0 Å². The second-order valence-corrected chi connectivity index (χ2v) is 4.18. The van der Waals surface area contributed by atoms with Crippen LogP contribution in [0, 0.1) is 5.92 Å². The SMILES string of the molecule is CC(CN)CCCNC(=O)c1ccc(=O)[nH]c1. The van der Waals surface area contributed by atoms with Gasteiger partial charge in [0.05, 0.1) is 5.56 Å². The lowest BCUT2D eigenvalue weighted by molar-refractivity contribution is 0.0952. The van der Waals surface area contributed by atoms with E-state index in [1.54, 1.807) is 0 Å². The number of carbonyl (C=O) groups is 1. The minimum Gasteiger partial charge on any atom is -0.352 e. The van der Waals surface area contributed by atoms with Gasteiger partial charge in [-0.25, -0.2) is 0 Å². The number of nitrogens with one attached hydrogen (secondary N) is 2. The Morgan fingerprint density at radius 1 is 1.53 bits per heavy atom. The number of carbonyl (C=O) groups excluding carboxylic acids is 1. The van der Waals surface area contributed by atoms with Crippen LogP contribution in [-0.4, -0.2) is 24.0 Å². The molecule has 1 atom stereocenters. The highest BCUT2D eigenvalue weighted by Gasteiger charge is 2.04. The summed E-state index contributed by atoms with van der Waals surface area (Å²) in [6.45, 7) is 3.39. The average molecular weight is 237 g/mol. The minimum absolute atomic E-state index is 0.165. The summed E-state index contributed by atoms with van der Waals surface area (Å²) in [6, 6.07) is 2.85. The van der Waals surface area contributed by atoms with E-state index in [1.807, 2.05) is 0 Å². The van der Waals surface area contributed by atoms with Gasteiger partial charge in [0.25, 0.3) is 5.91 Å². The number of aromatic nitrogens is 1. The third kappa shape index (κ3) is 4.82. The maximum Gasteiger partial charge on any atom is 0.252 e. The van der Waals surface area contributed by atoms with E-state index in [-0.39, 0.29) is 11.5 Å². The molecule has 4 N–H and O–H groups in total. The standard InChI is InChI=1S/C12H19N3O2/c1-9(7-13)3-2-6-14-12(17)10-4-5-11(16)15-8-10/h4-5,8-9H,2-3,6-7,13H2,1H3,(H,14,17)(H,15,16). The molecule has 0 aliphatic carbocycles. The third-order valence-corrected chi connectivity index (χ3v) is 2.61. The summed E-state index contributed by atoms with van der Waals surface area (Å²) in [5, 5.41) is 2.80. The van der Waals surface area contributed by atoms with Gasteiger partial charge in [-0.3, -0.25) is 9.59 Å². The van der Waals surface area contributed by atoms with Gasteiger partial charge in [-0.05, 0) is 31.4 Å². The van der Waals surface area contributed by atoms with Crippen molar-refractivity contribution in [3.63, 3.8) is 0 Å². The van der Waals surface area contributed by atoms with Crippen molar-refractivity contribution in [2.45, 2.75) is 19.8 Å². The van der Waals surface area contributed by atoms with E-state index in [9.17, 15) is 9.59 Å². The summed E-state index contributed by atoms with van der Waals surface area (Å²) in [4.78, 5) is 24.9. The molecule has 0 spiro atoms. The van der Waals surface area contributed by atoms with Crippen LogP contribution in [0.2, 0.25) is 0 Å². The van der Waals surface area contributed by atoms with E-state index < -0.39 is 0 Å². The molecule has 0 saturated heterocycles. The number of nitrogens with two attached hydrogens (primary N) is 1. The Bertz CT molecular complexity index is 394. The second kappa shape index (κ2) is 6.85. The molecule has 0 aromatic carbocycles. The molecule has 1 heterocycles. The fourth-order valence-corrected chi connectivity index (χ4v) is 1.42. The fraction of sp³-hybridized carbons (Fsp3) is 0.500. The van der Waals surface area contributed by atoms with Crippen LogP contribution in [0.15, 0.2) is 23.1 Å². The number of H-pyrrole nitrogens is 1. The predicted octanol–water partition coefficient (Wildman–Crippen LogP) is 0.480. The zero-order valence-electron chi connectivity index (χ0n) is 10.0. The molecule has 1 aromatic rings. The summed E-state index contributed by atoms with van der Waals surface area (Å²) in [5.74, 6) is 0.321. The maximum absolute atomic E-state index is 11.6. The molecule has 0 saturated carbocycles. The normalized spacial score (nSPS) is 12.1. The van der Waals surface area contributed by atoms with Crippen LogP contribution in [0.4, 0.5) is 0 Å². The molecule has 0 radical (unpaired) electrons.